The predicted molar refractivity (Wildman–Crippen MR) is 82.7 cm³/mol. The summed E-state index contributed by atoms with van der Waals surface area (Å²) in [5, 5.41) is 0. The summed E-state index contributed by atoms with van der Waals surface area (Å²) in [6.07, 6.45) is 1.02. The van der Waals surface area contributed by atoms with Gasteiger partial charge in [0, 0.05) is 37.7 Å². The van der Waals surface area contributed by atoms with E-state index in [2.05, 4.69) is 6.92 Å². The Morgan fingerprint density at radius 1 is 1.14 bits per heavy atom. The minimum atomic E-state index is 0.00536. The maximum Gasteiger partial charge on any atom is 0.254 e. The molecule has 3 rings (SSSR count). The third kappa shape index (κ3) is 2.93. The van der Waals surface area contributed by atoms with Gasteiger partial charge < -0.3 is 14.5 Å². The van der Waals surface area contributed by atoms with E-state index in [0.717, 1.165) is 6.42 Å². The zero-order chi connectivity index (χ0) is 15.7. The molecule has 1 saturated heterocycles. The van der Waals surface area contributed by atoms with E-state index in [0.29, 0.717) is 43.4 Å². The Labute approximate surface area is 130 Å². The highest BCUT2D eigenvalue weighted by molar-refractivity contribution is 5.94. The van der Waals surface area contributed by atoms with Gasteiger partial charge in [-0.15, -0.1) is 0 Å². The lowest BCUT2D eigenvalue weighted by Gasteiger charge is -2.35. The molecular weight excluding hydrogens is 280 g/mol. The zero-order valence-electron chi connectivity index (χ0n) is 13.1. The average Bonchev–Trinajstić information content (AvgIpc) is 3.30. The van der Waals surface area contributed by atoms with Crippen molar-refractivity contribution in [3.63, 3.8) is 0 Å². The van der Waals surface area contributed by atoms with Gasteiger partial charge in [0.25, 0.3) is 5.91 Å². The third-order valence-corrected chi connectivity index (χ3v) is 4.62. The first-order valence-electron chi connectivity index (χ1n) is 7.82. The van der Waals surface area contributed by atoms with E-state index in [-0.39, 0.29) is 17.7 Å². The summed E-state index contributed by atoms with van der Waals surface area (Å²) in [6.45, 7) is 4.59. The first-order chi connectivity index (χ1) is 10.6. The van der Waals surface area contributed by atoms with Crippen molar-refractivity contribution in [2.75, 3.05) is 33.3 Å². The average molecular weight is 302 g/mol. The van der Waals surface area contributed by atoms with Gasteiger partial charge in [-0.1, -0.05) is 13.0 Å². The van der Waals surface area contributed by atoms with Crippen molar-refractivity contribution in [3.8, 4) is 5.75 Å². The molecule has 1 aliphatic carbocycles. The lowest BCUT2D eigenvalue weighted by atomic mass is 10.1. The normalized spacial score (nSPS) is 24.1. The number of ether oxygens (including phenoxy) is 1. The van der Waals surface area contributed by atoms with Gasteiger partial charge in [-0.05, 0) is 30.5 Å². The Bertz CT molecular complexity index is 579. The molecule has 5 nitrogen and oxygen atoms in total. The molecule has 2 amide bonds. The number of nitrogens with zero attached hydrogens (tertiary/aromatic N) is 2. The first-order valence-corrected chi connectivity index (χ1v) is 7.82. The lowest BCUT2D eigenvalue weighted by molar-refractivity contribution is -0.134. The Morgan fingerprint density at radius 3 is 2.36 bits per heavy atom. The Balaban J connectivity index is 1.58. The third-order valence-electron chi connectivity index (χ3n) is 4.62. The van der Waals surface area contributed by atoms with Crippen LogP contribution >= 0.6 is 0 Å². The number of methoxy groups -OCH3 is 1. The molecule has 5 heteroatoms. The highest BCUT2D eigenvalue weighted by atomic mass is 16.5. The van der Waals surface area contributed by atoms with Gasteiger partial charge in [-0.3, -0.25) is 9.59 Å². The predicted octanol–water partition coefficient (Wildman–Crippen LogP) is 1.64. The van der Waals surface area contributed by atoms with E-state index < -0.39 is 0 Å². The summed E-state index contributed by atoms with van der Waals surface area (Å²) in [5.74, 6) is 1.71. The number of piperazine rings is 1. The van der Waals surface area contributed by atoms with Crippen LogP contribution in [0, 0.1) is 11.8 Å². The van der Waals surface area contributed by atoms with Gasteiger partial charge in [0.15, 0.2) is 0 Å². The SMILES string of the molecule is COc1cccc(C(=O)N2CCN(C(=O)C3CC3C)CC2)c1. The van der Waals surface area contributed by atoms with Crippen molar-refractivity contribution in [1.82, 2.24) is 9.80 Å². The summed E-state index contributed by atoms with van der Waals surface area (Å²) in [4.78, 5) is 28.4. The first kappa shape index (κ1) is 14.9. The van der Waals surface area contributed by atoms with Gasteiger partial charge in [-0.25, -0.2) is 0 Å². The summed E-state index contributed by atoms with van der Waals surface area (Å²) in [5.41, 5.74) is 0.634. The Kier molecular flexibility index (Phi) is 4.05. The van der Waals surface area contributed by atoms with Crippen molar-refractivity contribution >= 4 is 11.8 Å². The molecule has 0 radical (unpaired) electrons. The maximum atomic E-state index is 12.5. The second-order valence-electron chi connectivity index (χ2n) is 6.17. The van der Waals surface area contributed by atoms with Crippen LogP contribution in [0.3, 0.4) is 0 Å². The highest BCUT2D eigenvalue weighted by Crippen LogP contribution is 2.39. The zero-order valence-corrected chi connectivity index (χ0v) is 13.1. The molecule has 1 aromatic rings. The second kappa shape index (κ2) is 5.99. The summed E-state index contributed by atoms with van der Waals surface area (Å²) < 4.78 is 5.16. The van der Waals surface area contributed by atoms with E-state index in [9.17, 15) is 9.59 Å². The van der Waals surface area contributed by atoms with Gasteiger partial charge >= 0.3 is 0 Å². The monoisotopic (exact) mass is 302 g/mol. The van der Waals surface area contributed by atoms with Crippen LogP contribution in [0.5, 0.6) is 5.75 Å². The Hall–Kier alpha value is -2.04. The van der Waals surface area contributed by atoms with Gasteiger partial charge in [0.1, 0.15) is 5.75 Å². The summed E-state index contributed by atoms with van der Waals surface area (Å²) in [7, 11) is 1.59. The number of hydrogen-bond donors (Lipinski definition) is 0. The van der Waals surface area contributed by atoms with Crippen LogP contribution in [0.4, 0.5) is 0 Å². The highest BCUT2D eigenvalue weighted by Gasteiger charge is 2.42. The van der Waals surface area contributed by atoms with Crippen LogP contribution in [0.1, 0.15) is 23.7 Å². The number of hydrogen-bond acceptors (Lipinski definition) is 3. The number of rotatable bonds is 3. The van der Waals surface area contributed by atoms with E-state index in [1.54, 1.807) is 19.2 Å². The molecule has 0 N–H and O–H groups in total. The van der Waals surface area contributed by atoms with Crippen LogP contribution < -0.4 is 4.74 Å². The summed E-state index contributed by atoms with van der Waals surface area (Å²) in [6, 6.07) is 7.20. The number of carbonyl (C=O) groups excluding carboxylic acids is 2. The van der Waals surface area contributed by atoms with Crippen molar-refractivity contribution < 1.29 is 14.3 Å². The fraction of sp³-hybridized carbons (Fsp3) is 0.529. The Morgan fingerprint density at radius 2 is 1.77 bits per heavy atom. The molecule has 1 heterocycles. The van der Waals surface area contributed by atoms with Crippen molar-refractivity contribution in [2.24, 2.45) is 11.8 Å². The molecule has 2 atom stereocenters. The molecule has 2 fully saturated rings. The maximum absolute atomic E-state index is 12.5. The molecule has 1 aromatic carbocycles. The lowest BCUT2D eigenvalue weighted by Crippen LogP contribution is -2.51. The van der Waals surface area contributed by atoms with Gasteiger partial charge in [-0.2, -0.15) is 0 Å². The van der Waals surface area contributed by atoms with E-state index in [1.807, 2.05) is 21.9 Å². The van der Waals surface area contributed by atoms with Crippen LogP contribution in [-0.2, 0) is 4.79 Å². The molecule has 2 aliphatic rings. The molecule has 22 heavy (non-hydrogen) atoms. The van der Waals surface area contributed by atoms with E-state index >= 15 is 0 Å². The standard InChI is InChI=1S/C17H22N2O3/c1-12-10-15(12)17(21)19-8-6-18(7-9-19)16(20)13-4-3-5-14(11-13)22-2/h3-5,11-12,15H,6-10H2,1-2H3. The van der Waals surface area contributed by atoms with Crippen LogP contribution in [0.2, 0.25) is 0 Å². The quantitative estimate of drug-likeness (QED) is 0.853. The second-order valence-corrected chi connectivity index (χ2v) is 6.17. The molecular formula is C17H22N2O3. The fourth-order valence-corrected chi connectivity index (χ4v) is 2.97. The molecule has 0 aromatic heterocycles. The van der Waals surface area contributed by atoms with E-state index in [1.165, 1.54) is 0 Å². The molecule has 0 bridgehead atoms. The van der Waals surface area contributed by atoms with Crippen LogP contribution in [-0.4, -0.2) is 54.9 Å². The van der Waals surface area contributed by atoms with Crippen LogP contribution in [0.15, 0.2) is 24.3 Å². The molecule has 1 saturated carbocycles. The molecule has 0 spiro atoms. The fourth-order valence-electron chi connectivity index (χ4n) is 2.97. The minimum Gasteiger partial charge on any atom is -0.497 e. The van der Waals surface area contributed by atoms with Crippen molar-refractivity contribution in [2.45, 2.75) is 13.3 Å². The van der Waals surface area contributed by atoms with E-state index in [4.69, 9.17) is 4.74 Å². The topological polar surface area (TPSA) is 49.9 Å². The smallest absolute Gasteiger partial charge is 0.254 e. The minimum absolute atomic E-state index is 0.00536. The molecule has 1 aliphatic heterocycles. The van der Waals surface area contributed by atoms with Crippen molar-refractivity contribution in [1.29, 1.82) is 0 Å². The van der Waals surface area contributed by atoms with Gasteiger partial charge in [0.2, 0.25) is 5.91 Å². The molecule has 118 valence electrons. The number of amides is 2. The molecule has 2 unspecified atom stereocenters. The van der Waals surface area contributed by atoms with Crippen molar-refractivity contribution in [3.05, 3.63) is 29.8 Å². The summed E-state index contributed by atoms with van der Waals surface area (Å²) >= 11 is 0. The van der Waals surface area contributed by atoms with Crippen LogP contribution in [0.25, 0.3) is 0 Å². The largest absolute Gasteiger partial charge is 0.497 e. The number of benzene rings is 1. The van der Waals surface area contributed by atoms with Gasteiger partial charge in [0.05, 0.1) is 7.11 Å². The number of carbonyl (C=O) groups is 2.